The summed E-state index contributed by atoms with van der Waals surface area (Å²) in [4.78, 5) is 14.9. The molecule has 0 saturated carbocycles. The highest BCUT2D eigenvalue weighted by Crippen LogP contribution is 2.07. The third-order valence-corrected chi connectivity index (χ3v) is 2.06. The summed E-state index contributed by atoms with van der Waals surface area (Å²) in [5.74, 6) is -0.126. The van der Waals surface area contributed by atoms with Gasteiger partial charge in [-0.25, -0.2) is 4.79 Å². The Morgan fingerprint density at radius 1 is 1.47 bits per heavy atom. The van der Waals surface area contributed by atoms with E-state index in [1.54, 1.807) is 18.2 Å². The molecule has 80 valence electrons. The molecule has 1 aliphatic rings. The maximum Gasteiger partial charge on any atom is 0.335 e. The predicted molar refractivity (Wildman–Crippen MR) is 60.1 cm³/mol. The second kappa shape index (κ2) is 4.79. The molecule has 0 aromatic heterocycles. The zero-order valence-corrected chi connectivity index (χ0v) is 8.75. The Balaban J connectivity index is 0.00000112. The Labute approximate surface area is 93.4 Å². The number of carbonyl (C=O) groups is 1. The van der Waals surface area contributed by atoms with Crippen molar-refractivity contribution in [3.05, 3.63) is 35.4 Å². The first-order valence-electron chi connectivity index (χ1n) is 4.39. The van der Waals surface area contributed by atoms with Gasteiger partial charge >= 0.3 is 5.97 Å². The summed E-state index contributed by atoms with van der Waals surface area (Å²) >= 11 is 0. The number of nitrogens with zero attached hydrogens (tertiary/aromatic N) is 1. The molecule has 0 unspecified atom stereocenters. The van der Waals surface area contributed by atoms with Crippen molar-refractivity contribution >= 4 is 24.2 Å². The van der Waals surface area contributed by atoms with Gasteiger partial charge in [0.1, 0.15) is 5.84 Å². The Morgan fingerprint density at radius 3 is 2.87 bits per heavy atom. The first-order valence-corrected chi connectivity index (χ1v) is 4.39. The van der Waals surface area contributed by atoms with Crippen molar-refractivity contribution in [2.75, 3.05) is 13.1 Å². The molecule has 0 atom stereocenters. The number of aliphatic imine (C=N–C) groups is 1. The number of aromatic carboxylic acids is 1. The van der Waals surface area contributed by atoms with Crippen molar-refractivity contribution in [3.8, 4) is 0 Å². The lowest BCUT2D eigenvalue weighted by Crippen LogP contribution is -2.19. The summed E-state index contributed by atoms with van der Waals surface area (Å²) in [6.45, 7) is 1.58. The summed E-state index contributed by atoms with van der Waals surface area (Å²) < 4.78 is 0. The first kappa shape index (κ1) is 11.5. The van der Waals surface area contributed by atoms with Crippen molar-refractivity contribution in [3.63, 3.8) is 0 Å². The van der Waals surface area contributed by atoms with Gasteiger partial charge in [-0.05, 0) is 12.1 Å². The number of hydrogen-bond acceptors (Lipinski definition) is 3. The van der Waals surface area contributed by atoms with Crippen LogP contribution in [0.1, 0.15) is 15.9 Å². The summed E-state index contributed by atoms with van der Waals surface area (Å²) in [5, 5.41) is 11.9. The van der Waals surface area contributed by atoms with Gasteiger partial charge in [0.2, 0.25) is 0 Å². The lowest BCUT2D eigenvalue weighted by molar-refractivity contribution is 0.0697. The highest BCUT2D eigenvalue weighted by atomic mass is 35.5. The topological polar surface area (TPSA) is 61.7 Å². The molecule has 1 aromatic rings. The highest BCUT2D eigenvalue weighted by molar-refractivity contribution is 6.01. The minimum atomic E-state index is -0.912. The van der Waals surface area contributed by atoms with E-state index in [2.05, 4.69) is 10.3 Å². The molecule has 1 heterocycles. The summed E-state index contributed by atoms with van der Waals surface area (Å²) in [6.07, 6.45) is 0. The lowest BCUT2D eigenvalue weighted by atomic mass is 10.1. The van der Waals surface area contributed by atoms with Crippen LogP contribution in [0.3, 0.4) is 0 Å². The number of rotatable bonds is 2. The van der Waals surface area contributed by atoms with Gasteiger partial charge in [-0.2, -0.15) is 0 Å². The van der Waals surface area contributed by atoms with Gasteiger partial charge < -0.3 is 10.4 Å². The van der Waals surface area contributed by atoms with Crippen LogP contribution in [0.25, 0.3) is 0 Å². The quantitative estimate of drug-likeness (QED) is 0.796. The van der Waals surface area contributed by atoms with Crippen molar-refractivity contribution < 1.29 is 9.90 Å². The molecule has 0 fully saturated rings. The van der Waals surface area contributed by atoms with Gasteiger partial charge in [0.05, 0.1) is 12.1 Å². The van der Waals surface area contributed by atoms with Gasteiger partial charge in [0.15, 0.2) is 0 Å². The van der Waals surface area contributed by atoms with Crippen molar-refractivity contribution in [2.24, 2.45) is 4.99 Å². The number of benzene rings is 1. The average molecular weight is 227 g/mol. The lowest BCUT2D eigenvalue weighted by Gasteiger charge is -2.02. The van der Waals surface area contributed by atoms with E-state index in [-0.39, 0.29) is 12.4 Å². The molecular formula is C10H11ClN2O2. The number of carboxylic acids is 1. The molecule has 0 radical (unpaired) electrons. The fraction of sp³-hybridized carbons (Fsp3) is 0.200. The maximum absolute atomic E-state index is 10.7. The number of carboxylic acid groups (broad SMARTS) is 1. The van der Waals surface area contributed by atoms with E-state index in [0.717, 1.165) is 24.5 Å². The van der Waals surface area contributed by atoms with Crippen LogP contribution in [-0.2, 0) is 0 Å². The van der Waals surface area contributed by atoms with Crippen molar-refractivity contribution in [1.82, 2.24) is 5.32 Å². The van der Waals surface area contributed by atoms with Crippen LogP contribution in [0.4, 0.5) is 0 Å². The van der Waals surface area contributed by atoms with Crippen LogP contribution in [0, 0.1) is 0 Å². The first-order chi connectivity index (χ1) is 6.77. The van der Waals surface area contributed by atoms with E-state index < -0.39 is 5.97 Å². The summed E-state index contributed by atoms with van der Waals surface area (Å²) in [7, 11) is 0. The smallest absolute Gasteiger partial charge is 0.335 e. The molecule has 0 aliphatic carbocycles. The molecule has 0 saturated heterocycles. The molecule has 1 aliphatic heterocycles. The fourth-order valence-electron chi connectivity index (χ4n) is 1.39. The molecule has 1 aromatic carbocycles. The van der Waals surface area contributed by atoms with Crippen LogP contribution in [0.5, 0.6) is 0 Å². The van der Waals surface area contributed by atoms with Gasteiger partial charge in [0.25, 0.3) is 0 Å². The Bertz CT molecular complexity index is 404. The van der Waals surface area contributed by atoms with Gasteiger partial charge in [-0.15, -0.1) is 12.4 Å². The second-order valence-electron chi connectivity index (χ2n) is 3.04. The molecule has 2 rings (SSSR count). The van der Waals surface area contributed by atoms with Crippen molar-refractivity contribution in [1.29, 1.82) is 0 Å². The Morgan fingerprint density at radius 2 is 2.27 bits per heavy atom. The largest absolute Gasteiger partial charge is 0.478 e. The van der Waals surface area contributed by atoms with Crippen LogP contribution in [0.2, 0.25) is 0 Å². The number of halogens is 1. The minimum Gasteiger partial charge on any atom is -0.478 e. The Hall–Kier alpha value is -1.55. The van der Waals surface area contributed by atoms with Gasteiger partial charge in [-0.1, -0.05) is 12.1 Å². The SMILES string of the molecule is Cl.O=C(O)c1cccc(C2=NCCN2)c1. The van der Waals surface area contributed by atoms with Crippen LogP contribution in [0.15, 0.2) is 29.3 Å². The van der Waals surface area contributed by atoms with Crippen LogP contribution >= 0.6 is 12.4 Å². The van der Waals surface area contributed by atoms with Gasteiger partial charge in [0, 0.05) is 12.1 Å². The van der Waals surface area contributed by atoms with E-state index in [1.165, 1.54) is 0 Å². The van der Waals surface area contributed by atoms with E-state index in [9.17, 15) is 4.79 Å². The van der Waals surface area contributed by atoms with Crippen LogP contribution < -0.4 is 5.32 Å². The van der Waals surface area contributed by atoms with Crippen LogP contribution in [-0.4, -0.2) is 30.0 Å². The second-order valence-corrected chi connectivity index (χ2v) is 3.04. The Kier molecular flexibility index (Phi) is 3.68. The van der Waals surface area contributed by atoms with E-state index in [0.29, 0.717) is 5.56 Å². The molecule has 0 bridgehead atoms. The van der Waals surface area contributed by atoms with E-state index >= 15 is 0 Å². The third kappa shape index (κ3) is 2.47. The van der Waals surface area contributed by atoms with E-state index in [4.69, 9.17) is 5.11 Å². The number of amidine groups is 1. The highest BCUT2D eigenvalue weighted by Gasteiger charge is 2.10. The summed E-state index contributed by atoms with van der Waals surface area (Å²) in [5.41, 5.74) is 1.13. The van der Waals surface area contributed by atoms with Crippen molar-refractivity contribution in [2.45, 2.75) is 0 Å². The molecule has 2 N–H and O–H groups in total. The zero-order chi connectivity index (χ0) is 9.97. The fourth-order valence-corrected chi connectivity index (χ4v) is 1.39. The van der Waals surface area contributed by atoms with E-state index in [1.807, 2.05) is 6.07 Å². The third-order valence-electron chi connectivity index (χ3n) is 2.06. The molecular weight excluding hydrogens is 216 g/mol. The standard InChI is InChI=1S/C10H10N2O2.ClH/c13-10(14)8-3-1-2-7(6-8)9-11-4-5-12-9;/h1-3,6H,4-5H2,(H,11,12)(H,13,14);1H. The monoisotopic (exact) mass is 226 g/mol. The number of nitrogens with one attached hydrogen (secondary N) is 1. The molecule has 15 heavy (non-hydrogen) atoms. The maximum atomic E-state index is 10.7. The van der Waals surface area contributed by atoms with Gasteiger partial charge in [-0.3, -0.25) is 4.99 Å². The molecule has 0 amide bonds. The molecule has 0 spiro atoms. The normalized spacial score (nSPS) is 13.7. The summed E-state index contributed by atoms with van der Waals surface area (Å²) in [6, 6.07) is 6.77. The molecule has 5 heteroatoms. The predicted octanol–water partition coefficient (Wildman–Crippen LogP) is 1.16. The minimum absolute atomic E-state index is 0. The average Bonchev–Trinajstić information content (AvgIpc) is 2.71. The molecule has 4 nitrogen and oxygen atoms in total. The number of hydrogen-bond donors (Lipinski definition) is 2. The zero-order valence-electron chi connectivity index (χ0n) is 7.93.